The lowest BCUT2D eigenvalue weighted by Crippen LogP contribution is -2.31. The summed E-state index contributed by atoms with van der Waals surface area (Å²) in [5, 5.41) is 5.13. The number of rotatable bonds is 5. The van der Waals surface area contributed by atoms with Gasteiger partial charge in [-0.15, -0.1) is 0 Å². The minimum Gasteiger partial charge on any atom is -0.484 e. The summed E-state index contributed by atoms with van der Waals surface area (Å²) in [5.41, 5.74) is 1.84. The number of hydrogen-bond donors (Lipinski definition) is 2. The molecule has 26 heavy (non-hydrogen) atoms. The van der Waals surface area contributed by atoms with Gasteiger partial charge in [0, 0.05) is 0 Å². The predicted octanol–water partition coefficient (Wildman–Crippen LogP) is 3.97. The number of carbonyl (C=O) groups is 1. The number of benzene rings is 3. The zero-order valence-electron chi connectivity index (χ0n) is 14.4. The minimum absolute atomic E-state index is 0.0388. The van der Waals surface area contributed by atoms with Gasteiger partial charge < -0.3 is 15.0 Å². The Labute approximate surface area is 151 Å². The van der Waals surface area contributed by atoms with Crippen molar-refractivity contribution in [3.63, 3.8) is 0 Å². The summed E-state index contributed by atoms with van der Waals surface area (Å²) in [6, 6.07) is 21.4. The number of nitrogens with one attached hydrogen (secondary N) is 2. The minimum atomic E-state index is -0.227. The molecule has 5 nitrogen and oxygen atoms in total. The van der Waals surface area contributed by atoms with Crippen LogP contribution < -0.4 is 10.1 Å². The van der Waals surface area contributed by atoms with Gasteiger partial charge in [-0.05, 0) is 42.0 Å². The molecule has 0 radical (unpaired) electrons. The van der Waals surface area contributed by atoms with Gasteiger partial charge in [-0.2, -0.15) is 0 Å². The number of nitrogens with zero attached hydrogens (tertiary/aromatic N) is 1. The average Bonchev–Trinajstić information content (AvgIpc) is 3.10. The molecular weight excluding hydrogens is 326 g/mol. The first-order valence-electron chi connectivity index (χ1n) is 8.55. The van der Waals surface area contributed by atoms with Crippen molar-refractivity contribution in [1.29, 1.82) is 0 Å². The summed E-state index contributed by atoms with van der Waals surface area (Å²) in [7, 11) is 0. The van der Waals surface area contributed by atoms with Gasteiger partial charge in [0.05, 0.1) is 17.1 Å². The summed E-state index contributed by atoms with van der Waals surface area (Å²) in [6.07, 6.45) is 0. The zero-order valence-corrected chi connectivity index (χ0v) is 14.4. The lowest BCUT2D eigenvalue weighted by molar-refractivity contribution is -0.123. The molecule has 4 aromatic rings. The molecule has 0 saturated heterocycles. The van der Waals surface area contributed by atoms with E-state index in [9.17, 15) is 4.79 Å². The fourth-order valence-corrected chi connectivity index (χ4v) is 2.94. The molecule has 0 saturated carbocycles. The molecule has 1 amide bonds. The molecule has 0 fully saturated rings. The first kappa shape index (κ1) is 16.1. The van der Waals surface area contributed by atoms with E-state index in [4.69, 9.17) is 4.74 Å². The van der Waals surface area contributed by atoms with E-state index in [1.54, 1.807) is 0 Å². The van der Waals surface area contributed by atoms with Crippen molar-refractivity contribution in [2.75, 3.05) is 6.61 Å². The Morgan fingerprint density at radius 1 is 1.08 bits per heavy atom. The van der Waals surface area contributed by atoms with E-state index in [2.05, 4.69) is 15.3 Å². The second-order valence-electron chi connectivity index (χ2n) is 6.23. The van der Waals surface area contributed by atoms with E-state index in [0.29, 0.717) is 5.75 Å². The number of para-hydroxylation sites is 2. The molecular formula is C21H19N3O2. The van der Waals surface area contributed by atoms with Gasteiger partial charge in [-0.3, -0.25) is 4.79 Å². The molecule has 1 heterocycles. The van der Waals surface area contributed by atoms with Crippen LogP contribution in [0.3, 0.4) is 0 Å². The molecule has 0 unspecified atom stereocenters. The third-order valence-corrected chi connectivity index (χ3v) is 4.29. The number of fused-ring (bicyclic) bond motifs is 2. The quantitative estimate of drug-likeness (QED) is 0.575. The third kappa shape index (κ3) is 3.37. The topological polar surface area (TPSA) is 67.0 Å². The molecule has 1 aromatic heterocycles. The number of ether oxygens (including phenoxy) is 1. The number of carbonyl (C=O) groups excluding carboxylic acids is 1. The van der Waals surface area contributed by atoms with Crippen LogP contribution in [0.25, 0.3) is 21.8 Å². The summed E-state index contributed by atoms with van der Waals surface area (Å²) < 4.78 is 5.63. The van der Waals surface area contributed by atoms with Gasteiger partial charge >= 0.3 is 0 Å². The van der Waals surface area contributed by atoms with Crippen molar-refractivity contribution in [1.82, 2.24) is 15.3 Å². The lowest BCUT2D eigenvalue weighted by Gasteiger charge is -2.12. The van der Waals surface area contributed by atoms with Crippen molar-refractivity contribution in [2.45, 2.75) is 13.0 Å². The maximum atomic E-state index is 12.2. The summed E-state index contributed by atoms with van der Waals surface area (Å²) >= 11 is 0. The van der Waals surface area contributed by atoms with E-state index in [1.807, 2.05) is 73.7 Å². The van der Waals surface area contributed by atoms with Crippen LogP contribution in [0.4, 0.5) is 0 Å². The third-order valence-electron chi connectivity index (χ3n) is 4.29. The Hall–Kier alpha value is -3.34. The molecule has 0 aliphatic heterocycles. The molecule has 4 rings (SSSR count). The Morgan fingerprint density at radius 3 is 2.69 bits per heavy atom. The number of aromatic nitrogens is 2. The molecule has 2 N–H and O–H groups in total. The molecule has 0 aliphatic carbocycles. The number of amides is 1. The largest absolute Gasteiger partial charge is 0.484 e. The molecule has 0 bridgehead atoms. The molecule has 5 heteroatoms. The van der Waals surface area contributed by atoms with Gasteiger partial charge in [0.15, 0.2) is 6.61 Å². The van der Waals surface area contributed by atoms with Gasteiger partial charge in [0.25, 0.3) is 5.91 Å². The van der Waals surface area contributed by atoms with Crippen molar-refractivity contribution in [3.05, 3.63) is 72.6 Å². The van der Waals surface area contributed by atoms with Crippen LogP contribution in [0.15, 0.2) is 66.7 Å². The maximum absolute atomic E-state index is 12.2. The van der Waals surface area contributed by atoms with E-state index in [0.717, 1.165) is 27.6 Å². The monoisotopic (exact) mass is 345 g/mol. The van der Waals surface area contributed by atoms with Crippen LogP contribution in [-0.2, 0) is 4.79 Å². The van der Waals surface area contributed by atoms with Crippen LogP contribution in [0, 0.1) is 0 Å². The van der Waals surface area contributed by atoms with Crippen LogP contribution >= 0.6 is 0 Å². The fourth-order valence-electron chi connectivity index (χ4n) is 2.94. The lowest BCUT2D eigenvalue weighted by atomic mass is 10.1. The number of H-pyrrole nitrogens is 1. The van der Waals surface area contributed by atoms with Crippen molar-refractivity contribution >= 4 is 27.7 Å². The van der Waals surface area contributed by atoms with Crippen molar-refractivity contribution in [2.24, 2.45) is 0 Å². The second-order valence-corrected chi connectivity index (χ2v) is 6.23. The highest BCUT2D eigenvalue weighted by Gasteiger charge is 2.14. The first-order valence-corrected chi connectivity index (χ1v) is 8.55. The molecule has 1 atom stereocenters. The molecule has 130 valence electrons. The number of imidazole rings is 1. The Balaban J connectivity index is 1.38. The van der Waals surface area contributed by atoms with E-state index >= 15 is 0 Å². The second kappa shape index (κ2) is 6.88. The average molecular weight is 345 g/mol. The maximum Gasteiger partial charge on any atom is 0.258 e. The number of hydrogen-bond acceptors (Lipinski definition) is 3. The van der Waals surface area contributed by atoms with Crippen molar-refractivity contribution in [3.8, 4) is 5.75 Å². The smallest absolute Gasteiger partial charge is 0.258 e. The van der Waals surface area contributed by atoms with Crippen LogP contribution in [-0.4, -0.2) is 22.5 Å². The fraction of sp³-hybridized carbons (Fsp3) is 0.143. The Bertz CT molecular complexity index is 1040. The van der Waals surface area contributed by atoms with Crippen LogP contribution in [0.5, 0.6) is 5.75 Å². The standard InChI is InChI=1S/C21H19N3O2/c1-14(21-23-18-8-4-5-9-19(18)24-21)22-20(25)13-26-17-11-10-15-6-2-3-7-16(15)12-17/h2-12,14H,13H2,1H3,(H,22,25)(H,23,24)/t14-/m0/s1. The highest BCUT2D eigenvalue weighted by Crippen LogP contribution is 2.20. The molecule has 0 aliphatic rings. The van der Waals surface area contributed by atoms with Gasteiger partial charge in [0.2, 0.25) is 0 Å². The van der Waals surface area contributed by atoms with Gasteiger partial charge in [-0.25, -0.2) is 4.98 Å². The van der Waals surface area contributed by atoms with Crippen LogP contribution in [0.1, 0.15) is 18.8 Å². The summed E-state index contributed by atoms with van der Waals surface area (Å²) in [5.74, 6) is 1.21. The predicted molar refractivity (Wildman–Crippen MR) is 102 cm³/mol. The number of aromatic amines is 1. The SMILES string of the molecule is C[C@H](NC(=O)COc1ccc2ccccc2c1)c1nc2ccccc2[nH]1. The summed E-state index contributed by atoms with van der Waals surface area (Å²) in [6.45, 7) is 1.86. The van der Waals surface area contributed by atoms with Gasteiger partial charge in [0.1, 0.15) is 11.6 Å². The van der Waals surface area contributed by atoms with E-state index in [-0.39, 0.29) is 18.6 Å². The van der Waals surface area contributed by atoms with E-state index < -0.39 is 0 Å². The van der Waals surface area contributed by atoms with Crippen LogP contribution in [0.2, 0.25) is 0 Å². The molecule has 0 spiro atoms. The van der Waals surface area contributed by atoms with E-state index in [1.165, 1.54) is 0 Å². The van der Waals surface area contributed by atoms with Gasteiger partial charge in [-0.1, -0.05) is 42.5 Å². The first-order chi connectivity index (χ1) is 12.7. The van der Waals surface area contributed by atoms with Crippen molar-refractivity contribution < 1.29 is 9.53 Å². The Morgan fingerprint density at radius 2 is 1.85 bits per heavy atom. The normalized spacial score (nSPS) is 12.2. The highest BCUT2D eigenvalue weighted by atomic mass is 16.5. The zero-order chi connectivity index (χ0) is 17.9. The summed E-state index contributed by atoms with van der Waals surface area (Å²) in [4.78, 5) is 19.9. The molecule has 3 aromatic carbocycles. The highest BCUT2D eigenvalue weighted by molar-refractivity contribution is 5.84. The Kier molecular flexibility index (Phi) is 4.27.